The predicted octanol–water partition coefficient (Wildman–Crippen LogP) is 3.93. The molecule has 0 aliphatic heterocycles. The highest BCUT2D eigenvalue weighted by molar-refractivity contribution is 6.30. The lowest BCUT2D eigenvalue weighted by Gasteiger charge is -2.08. The number of benzene rings is 2. The molecule has 192 valence electrons. The molecule has 5 aromatic rings. The van der Waals surface area contributed by atoms with Crippen LogP contribution in [0.25, 0.3) is 28.7 Å². The first kappa shape index (κ1) is 24.8. The van der Waals surface area contributed by atoms with Crippen molar-refractivity contribution < 1.29 is 14.3 Å². The Hall–Kier alpha value is -4.90. The van der Waals surface area contributed by atoms with E-state index in [1.807, 2.05) is 0 Å². The molecule has 0 saturated carbocycles. The second-order valence-corrected chi connectivity index (χ2v) is 8.62. The fraction of sp³-hybridized carbons (Fsp3) is 0.115. The molecule has 2 aromatic carbocycles. The average molecular weight is 532 g/mol. The standard InChI is InChI=1S/C26H22ClN7O4/c1-15-12-22(29-23(35)11-5-16-4-10-20(37-2)21(13-16)38-3)34(32-15)26-30-24-19(25(36)31-26)14-28-33(24)18-8-6-17(27)7-9-18/h4-14H,1-3H3,(H,29,35)(H,30,31,36)/b11-5-. The van der Waals surface area contributed by atoms with E-state index in [1.54, 1.807) is 75.8 Å². The molecule has 0 bridgehead atoms. The number of aromatic amines is 1. The summed E-state index contributed by atoms with van der Waals surface area (Å²) in [6, 6.07) is 14.0. The fourth-order valence-electron chi connectivity index (χ4n) is 3.82. The lowest BCUT2D eigenvalue weighted by atomic mass is 10.2. The molecule has 12 heteroatoms. The molecular formula is C26H22ClN7O4. The van der Waals surface area contributed by atoms with Gasteiger partial charge in [-0.1, -0.05) is 17.7 Å². The summed E-state index contributed by atoms with van der Waals surface area (Å²) in [5.41, 5.74) is 1.96. The molecule has 3 aromatic heterocycles. The molecule has 0 atom stereocenters. The van der Waals surface area contributed by atoms with Crippen LogP contribution in [0.15, 0.2) is 65.6 Å². The number of aryl methyl sites for hydroxylation is 1. The van der Waals surface area contributed by atoms with Crippen molar-refractivity contribution in [3.63, 3.8) is 0 Å². The van der Waals surface area contributed by atoms with Crippen LogP contribution in [0.4, 0.5) is 5.82 Å². The molecule has 3 heterocycles. The lowest BCUT2D eigenvalue weighted by Crippen LogP contribution is -2.18. The van der Waals surface area contributed by atoms with Gasteiger partial charge in [-0.2, -0.15) is 19.9 Å². The number of aromatic nitrogens is 6. The van der Waals surface area contributed by atoms with Crippen molar-refractivity contribution in [2.75, 3.05) is 19.5 Å². The van der Waals surface area contributed by atoms with E-state index >= 15 is 0 Å². The Morgan fingerprint density at radius 1 is 1.05 bits per heavy atom. The van der Waals surface area contributed by atoms with Gasteiger partial charge in [-0.3, -0.25) is 14.6 Å². The molecule has 5 rings (SSSR count). The fourth-order valence-corrected chi connectivity index (χ4v) is 3.95. The van der Waals surface area contributed by atoms with Crippen molar-refractivity contribution in [1.29, 1.82) is 0 Å². The average Bonchev–Trinajstić information content (AvgIpc) is 3.51. The maximum Gasteiger partial charge on any atom is 0.263 e. The van der Waals surface area contributed by atoms with Crippen LogP contribution in [0.2, 0.25) is 5.02 Å². The van der Waals surface area contributed by atoms with Crippen LogP contribution in [0.1, 0.15) is 11.3 Å². The first-order chi connectivity index (χ1) is 18.4. The molecule has 2 N–H and O–H groups in total. The van der Waals surface area contributed by atoms with Gasteiger partial charge in [0.15, 0.2) is 17.1 Å². The smallest absolute Gasteiger partial charge is 0.263 e. The molecule has 38 heavy (non-hydrogen) atoms. The van der Waals surface area contributed by atoms with E-state index in [4.69, 9.17) is 21.1 Å². The number of ether oxygens (including phenoxy) is 2. The highest BCUT2D eigenvalue weighted by Gasteiger charge is 2.16. The van der Waals surface area contributed by atoms with Gasteiger partial charge >= 0.3 is 0 Å². The van der Waals surface area contributed by atoms with Crippen LogP contribution in [-0.4, -0.2) is 49.7 Å². The number of hydrogen-bond acceptors (Lipinski definition) is 7. The van der Waals surface area contributed by atoms with E-state index in [1.165, 1.54) is 21.6 Å². The SMILES string of the molecule is COc1ccc(/C=C\C(=O)Nc2cc(C)nn2-c2nc3c(cnn3-c3ccc(Cl)cc3)c(=O)[nH]2)cc1OC. The summed E-state index contributed by atoms with van der Waals surface area (Å²) < 4.78 is 13.4. The number of rotatable bonds is 7. The number of anilines is 1. The third-order valence-electron chi connectivity index (χ3n) is 5.61. The minimum absolute atomic E-state index is 0.116. The molecule has 0 fully saturated rings. The van der Waals surface area contributed by atoms with Gasteiger partial charge in [0.2, 0.25) is 11.9 Å². The second-order valence-electron chi connectivity index (χ2n) is 8.18. The van der Waals surface area contributed by atoms with Gasteiger partial charge in [-0.05, 0) is 55.0 Å². The second kappa shape index (κ2) is 10.2. The van der Waals surface area contributed by atoms with E-state index in [-0.39, 0.29) is 5.95 Å². The number of halogens is 1. The van der Waals surface area contributed by atoms with E-state index in [0.717, 1.165) is 5.56 Å². The number of nitrogens with zero attached hydrogens (tertiary/aromatic N) is 5. The van der Waals surface area contributed by atoms with Gasteiger partial charge < -0.3 is 14.8 Å². The van der Waals surface area contributed by atoms with E-state index in [9.17, 15) is 9.59 Å². The normalized spacial score (nSPS) is 11.3. The van der Waals surface area contributed by atoms with E-state index in [0.29, 0.717) is 44.8 Å². The first-order valence-corrected chi connectivity index (χ1v) is 11.8. The van der Waals surface area contributed by atoms with Gasteiger partial charge in [0.25, 0.3) is 5.56 Å². The van der Waals surface area contributed by atoms with Crippen molar-refractivity contribution in [1.82, 2.24) is 29.5 Å². The van der Waals surface area contributed by atoms with Gasteiger partial charge in [0.1, 0.15) is 11.2 Å². The van der Waals surface area contributed by atoms with Crippen molar-refractivity contribution in [3.05, 3.63) is 87.4 Å². The first-order valence-electron chi connectivity index (χ1n) is 11.4. The summed E-state index contributed by atoms with van der Waals surface area (Å²) >= 11 is 6.00. The van der Waals surface area contributed by atoms with Crippen LogP contribution >= 0.6 is 11.6 Å². The molecular weight excluding hydrogens is 510 g/mol. The number of fused-ring (bicyclic) bond motifs is 1. The van der Waals surface area contributed by atoms with Crippen LogP contribution in [0.3, 0.4) is 0 Å². The maximum absolute atomic E-state index is 12.8. The Morgan fingerprint density at radius 3 is 2.55 bits per heavy atom. The summed E-state index contributed by atoms with van der Waals surface area (Å²) in [6.45, 7) is 1.76. The summed E-state index contributed by atoms with van der Waals surface area (Å²) in [5.74, 6) is 1.17. The lowest BCUT2D eigenvalue weighted by molar-refractivity contribution is -0.111. The Bertz CT molecular complexity index is 1740. The van der Waals surface area contributed by atoms with Crippen molar-refractivity contribution in [2.45, 2.75) is 6.92 Å². The molecule has 0 aliphatic rings. The van der Waals surface area contributed by atoms with Gasteiger partial charge in [0.05, 0.1) is 31.8 Å². The Kier molecular flexibility index (Phi) is 6.67. The summed E-state index contributed by atoms with van der Waals surface area (Å²) in [6.07, 6.45) is 4.46. The number of amides is 1. The zero-order valence-corrected chi connectivity index (χ0v) is 21.4. The monoisotopic (exact) mass is 531 g/mol. The Balaban J connectivity index is 1.45. The third-order valence-corrected chi connectivity index (χ3v) is 5.87. The topological polar surface area (TPSA) is 129 Å². The third kappa shape index (κ3) is 4.87. The number of H-pyrrole nitrogens is 1. The number of hydrogen-bond donors (Lipinski definition) is 2. The molecule has 1 amide bonds. The minimum Gasteiger partial charge on any atom is -0.493 e. The van der Waals surface area contributed by atoms with Crippen LogP contribution < -0.4 is 20.3 Å². The quantitative estimate of drug-likeness (QED) is 0.304. The molecule has 0 saturated heterocycles. The van der Waals surface area contributed by atoms with Crippen LogP contribution in [0.5, 0.6) is 11.5 Å². The van der Waals surface area contributed by atoms with Crippen molar-refractivity contribution in [2.24, 2.45) is 0 Å². The minimum atomic E-state index is -0.407. The number of carbonyl (C=O) groups is 1. The largest absolute Gasteiger partial charge is 0.493 e. The van der Waals surface area contributed by atoms with Gasteiger partial charge in [-0.15, -0.1) is 0 Å². The van der Waals surface area contributed by atoms with E-state index < -0.39 is 11.5 Å². The van der Waals surface area contributed by atoms with Crippen molar-refractivity contribution in [3.8, 4) is 23.1 Å². The Morgan fingerprint density at radius 2 is 1.82 bits per heavy atom. The summed E-state index contributed by atoms with van der Waals surface area (Å²) in [5, 5.41) is 12.4. The summed E-state index contributed by atoms with van der Waals surface area (Å²) in [7, 11) is 3.09. The zero-order chi connectivity index (χ0) is 26.8. The molecule has 11 nitrogen and oxygen atoms in total. The summed E-state index contributed by atoms with van der Waals surface area (Å²) in [4.78, 5) is 32.9. The molecule has 0 unspecified atom stereocenters. The van der Waals surface area contributed by atoms with Crippen molar-refractivity contribution >= 4 is 40.4 Å². The van der Waals surface area contributed by atoms with Gasteiger partial charge in [0, 0.05) is 17.2 Å². The maximum atomic E-state index is 12.8. The highest BCUT2D eigenvalue weighted by Crippen LogP contribution is 2.28. The van der Waals surface area contributed by atoms with Crippen LogP contribution in [0, 0.1) is 6.92 Å². The number of nitrogens with one attached hydrogen (secondary N) is 2. The molecule has 0 aliphatic carbocycles. The predicted molar refractivity (Wildman–Crippen MR) is 144 cm³/mol. The highest BCUT2D eigenvalue weighted by atomic mass is 35.5. The van der Waals surface area contributed by atoms with Gasteiger partial charge in [-0.25, -0.2) is 4.68 Å². The number of carbonyl (C=O) groups excluding carboxylic acids is 1. The molecule has 0 spiro atoms. The van der Waals surface area contributed by atoms with E-state index in [2.05, 4.69) is 25.5 Å². The van der Waals surface area contributed by atoms with Crippen LogP contribution in [-0.2, 0) is 4.79 Å². The Labute approximate surface area is 221 Å². The zero-order valence-electron chi connectivity index (χ0n) is 20.6. The molecule has 0 radical (unpaired) electrons. The number of methoxy groups -OCH3 is 2.